The summed E-state index contributed by atoms with van der Waals surface area (Å²) >= 11 is 0. The summed E-state index contributed by atoms with van der Waals surface area (Å²) in [6.45, 7) is 1.66. The average molecular weight is 304 g/mol. The number of aliphatic hydroxyl groups excluding tert-OH is 1. The lowest BCUT2D eigenvalue weighted by Gasteiger charge is -2.16. The van der Waals surface area contributed by atoms with E-state index in [0.717, 1.165) is 11.3 Å². The highest BCUT2D eigenvalue weighted by Crippen LogP contribution is 2.22. The number of nitrogens with zero attached hydrogens (tertiary/aromatic N) is 1. The van der Waals surface area contributed by atoms with Gasteiger partial charge >= 0.3 is 6.03 Å². The fourth-order valence-corrected chi connectivity index (χ4v) is 3.08. The highest BCUT2D eigenvalue weighted by Gasteiger charge is 2.24. The number of carbonyl (C=O) groups is 1. The van der Waals surface area contributed by atoms with Crippen molar-refractivity contribution in [1.82, 2.24) is 4.90 Å². The second kappa shape index (κ2) is 7.11. The van der Waals surface area contributed by atoms with Crippen LogP contribution in [0, 0.1) is 0 Å². The Bertz CT molecular complexity index is 497. The summed E-state index contributed by atoms with van der Waals surface area (Å²) < 4.78 is 5.88. The van der Waals surface area contributed by atoms with Crippen LogP contribution in [0.25, 0.3) is 0 Å². The fourth-order valence-electron chi connectivity index (χ4n) is 3.08. The number of likely N-dealkylation sites (tertiary alicyclic amines) is 1. The van der Waals surface area contributed by atoms with Gasteiger partial charge in [-0.25, -0.2) is 4.79 Å². The quantitative estimate of drug-likeness (QED) is 0.899. The number of aliphatic hydroxyl groups is 1. The molecule has 0 aromatic heterocycles. The van der Waals surface area contributed by atoms with Crippen molar-refractivity contribution in [3.8, 4) is 0 Å². The predicted octanol–water partition coefficient (Wildman–Crippen LogP) is 2.74. The Morgan fingerprint density at radius 1 is 1.23 bits per heavy atom. The molecular weight excluding hydrogens is 280 g/mol. The van der Waals surface area contributed by atoms with Crippen LogP contribution in [0.2, 0.25) is 0 Å². The molecule has 3 rings (SSSR count). The number of benzene rings is 1. The monoisotopic (exact) mass is 304 g/mol. The Hall–Kier alpha value is -1.59. The highest BCUT2D eigenvalue weighted by molar-refractivity contribution is 5.89. The van der Waals surface area contributed by atoms with Crippen molar-refractivity contribution in [3.63, 3.8) is 0 Å². The van der Waals surface area contributed by atoms with Gasteiger partial charge in [-0.05, 0) is 37.0 Å². The zero-order valence-electron chi connectivity index (χ0n) is 12.8. The Morgan fingerprint density at radius 2 is 1.95 bits per heavy atom. The van der Waals surface area contributed by atoms with Crippen LogP contribution in [0.5, 0.6) is 0 Å². The van der Waals surface area contributed by atoms with E-state index >= 15 is 0 Å². The van der Waals surface area contributed by atoms with Crippen molar-refractivity contribution >= 4 is 11.7 Å². The van der Waals surface area contributed by atoms with E-state index < -0.39 is 0 Å². The third kappa shape index (κ3) is 3.99. The molecule has 0 bridgehead atoms. The van der Waals surface area contributed by atoms with E-state index in [1.165, 1.54) is 25.7 Å². The summed E-state index contributed by atoms with van der Waals surface area (Å²) in [5.74, 6) is 0. The minimum absolute atomic E-state index is 0.147. The smallest absolute Gasteiger partial charge is 0.321 e. The van der Waals surface area contributed by atoms with Crippen LogP contribution in [0.15, 0.2) is 24.3 Å². The average Bonchev–Trinajstić information content (AvgIpc) is 3.18. The van der Waals surface area contributed by atoms with E-state index in [4.69, 9.17) is 4.74 Å². The van der Waals surface area contributed by atoms with Crippen LogP contribution in [-0.2, 0) is 11.3 Å². The molecule has 2 amide bonds. The molecule has 0 spiro atoms. The molecule has 5 heteroatoms. The molecule has 0 radical (unpaired) electrons. The van der Waals surface area contributed by atoms with E-state index in [-0.39, 0.29) is 12.1 Å². The number of nitrogens with one attached hydrogen (secondary N) is 1. The SMILES string of the molecule is O=C(Nc1ccc(COC2CCCC2)cc1)N1CC[C@H](O)C1. The molecule has 1 heterocycles. The van der Waals surface area contributed by atoms with Gasteiger partial charge in [-0.3, -0.25) is 0 Å². The first-order valence-corrected chi connectivity index (χ1v) is 8.15. The van der Waals surface area contributed by atoms with Crippen molar-refractivity contribution < 1.29 is 14.6 Å². The zero-order chi connectivity index (χ0) is 15.4. The first-order valence-electron chi connectivity index (χ1n) is 8.15. The summed E-state index contributed by atoms with van der Waals surface area (Å²) in [4.78, 5) is 13.7. The maximum Gasteiger partial charge on any atom is 0.321 e. The number of ether oxygens (including phenoxy) is 1. The van der Waals surface area contributed by atoms with Crippen molar-refractivity contribution in [1.29, 1.82) is 0 Å². The van der Waals surface area contributed by atoms with Crippen molar-refractivity contribution in [3.05, 3.63) is 29.8 Å². The molecule has 1 aliphatic carbocycles. The van der Waals surface area contributed by atoms with E-state index in [0.29, 0.717) is 32.2 Å². The molecule has 1 aromatic carbocycles. The third-order valence-electron chi connectivity index (χ3n) is 4.44. The van der Waals surface area contributed by atoms with Gasteiger partial charge in [0.25, 0.3) is 0 Å². The number of anilines is 1. The molecule has 22 heavy (non-hydrogen) atoms. The van der Waals surface area contributed by atoms with Gasteiger partial charge < -0.3 is 20.1 Å². The topological polar surface area (TPSA) is 61.8 Å². The van der Waals surface area contributed by atoms with Gasteiger partial charge in [-0.2, -0.15) is 0 Å². The van der Waals surface area contributed by atoms with Gasteiger partial charge in [0.1, 0.15) is 0 Å². The van der Waals surface area contributed by atoms with Gasteiger partial charge in [0.2, 0.25) is 0 Å². The summed E-state index contributed by atoms with van der Waals surface area (Å²) in [6.07, 6.45) is 5.60. The lowest BCUT2D eigenvalue weighted by atomic mass is 10.2. The molecule has 1 aliphatic heterocycles. The number of urea groups is 1. The molecule has 1 saturated heterocycles. The molecular formula is C17H24N2O3. The van der Waals surface area contributed by atoms with Crippen LogP contribution in [-0.4, -0.2) is 41.3 Å². The van der Waals surface area contributed by atoms with Crippen molar-refractivity contribution in [2.75, 3.05) is 18.4 Å². The molecule has 1 atom stereocenters. The molecule has 2 aliphatic rings. The molecule has 5 nitrogen and oxygen atoms in total. The largest absolute Gasteiger partial charge is 0.391 e. The standard InChI is InChI=1S/C17H24N2O3/c20-15-9-10-19(11-15)17(21)18-14-7-5-13(6-8-14)12-22-16-3-1-2-4-16/h5-8,15-16,20H,1-4,9-12H2,(H,18,21)/t15-/m0/s1. The molecule has 1 aromatic rings. The van der Waals surface area contributed by atoms with Gasteiger partial charge in [-0.15, -0.1) is 0 Å². The van der Waals surface area contributed by atoms with E-state index in [2.05, 4.69) is 5.32 Å². The highest BCUT2D eigenvalue weighted by atomic mass is 16.5. The van der Waals surface area contributed by atoms with Crippen LogP contribution in [0.3, 0.4) is 0 Å². The lowest BCUT2D eigenvalue weighted by Crippen LogP contribution is -2.33. The van der Waals surface area contributed by atoms with Gasteiger partial charge in [-0.1, -0.05) is 25.0 Å². The second-order valence-corrected chi connectivity index (χ2v) is 6.23. The molecule has 2 fully saturated rings. The maximum atomic E-state index is 12.0. The normalized spacial score (nSPS) is 22.2. The van der Waals surface area contributed by atoms with E-state index in [1.54, 1.807) is 4.90 Å². The third-order valence-corrected chi connectivity index (χ3v) is 4.44. The molecule has 1 saturated carbocycles. The van der Waals surface area contributed by atoms with Crippen LogP contribution < -0.4 is 5.32 Å². The minimum atomic E-state index is -0.388. The van der Waals surface area contributed by atoms with E-state index in [1.807, 2.05) is 24.3 Å². The lowest BCUT2D eigenvalue weighted by molar-refractivity contribution is 0.0457. The van der Waals surface area contributed by atoms with Crippen LogP contribution >= 0.6 is 0 Å². The van der Waals surface area contributed by atoms with Gasteiger partial charge in [0, 0.05) is 18.8 Å². The number of carbonyl (C=O) groups excluding carboxylic acids is 1. The van der Waals surface area contributed by atoms with Gasteiger partial charge in [0.15, 0.2) is 0 Å². The molecule has 2 N–H and O–H groups in total. The predicted molar refractivity (Wildman–Crippen MR) is 84.7 cm³/mol. The van der Waals surface area contributed by atoms with Crippen LogP contribution in [0.4, 0.5) is 10.5 Å². The zero-order valence-corrected chi connectivity index (χ0v) is 12.8. The van der Waals surface area contributed by atoms with E-state index in [9.17, 15) is 9.90 Å². The van der Waals surface area contributed by atoms with Crippen molar-refractivity contribution in [2.45, 2.75) is 50.9 Å². The number of amides is 2. The Labute approximate surface area is 131 Å². The summed E-state index contributed by atoms with van der Waals surface area (Å²) in [6, 6.07) is 7.63. The van der Waals surface area contributed by atoms with Crippen molar-refractivity contribution in [2.24, 2.45) is 0 Å². The number of rotatable bonds is 4. The minimum Gasteiger partial charge on any atom is -0.391 e. The van der Waals surface area contributed by atoms with Crippen LogP contribution in [0.1, 0.15) is 37.7 Å². The first kappa shape index (κ1) is 15.3. The maximum absolute atomic E-state index is 12.0. The molecule has 0 unspecified atom stereocenters. The Morgan fingerprint density at radius 3 is 2.59 bits per heavy atom. The summed E-state index contributed by atoms with van der Waals surface area (Å²) in [5.41, 5.74) is 1.90. The first-order chi connectivity index (χ1) is 10.7. The summed E-state index contributed by atoms with van der Waals surface area (Å²) in [5, 5.41) is 12.3. The Kier molecular flexibility index (Phi) is 4.95. The van der Waals surface area contributed by atoms with Gasteiger partial charge in [0.05, 0.1) is 18.8 Å². The number of hydrogen-bond donors (Lipinski definition) is 2. The summed E-state index contributed by atoms with van der Waals surface area (Å²) in [7, 11) is 0. The number of hydrogen-bond acceptors (Lipinski definition) is 3. The number of β-amino-alcohol motifs (C(OH)–C–C–N with tert-alkyl or cyclic N) is 1. The second-order valence-electron chi connectivity index (χ2n) is 6.23. The molecule has 120 valence electrons. The Balaban J connectivity index is 1.47. The fraction of sp³-hybridized carbons (Fsp3) is 0.588.